The second-order valence-electron chi connectivity index (χ2n) is 6.45. The smallest absolute Gasteiger partial charge is 0.273 e. The molecule has 4 rings (SSSR count). The van der Waals surface area contributed by atoms with Gasteiger partial charge in [0, 0.05) is 33.1 Å². The van der Waals surface area contributed by atoms with Crippen LogP contribution >= 0.6 is 0 Å². The average molecular weight is 357 g/mol. The number of carbonyl (C=O) groups is 1. The number of imidazole rings is 1. The van der Waals surface area contributed by atoms with Crippen molar-refractivity contribution in [2.24, 2.45) is 7.05 Å². The minimum Gasteiger partial charge on any atom is -0.448 e. The standard InChI is InChI=1S/C16H19N7O3/c1-9-19-12(7-26-9)15(25)20-10-3-11(24)6-23(5-10)16-17-4-13-14(21-16)18-8-22(13)2/h4,7-8,10-11,24H,3,5-6H2,1-2H3,(H,20,25)/t10-,11+/m0/s1. The van der Waals surface area contributed by atoms with Crippen LogP contribution < -0.4 is 10.2 Å². The normalized spacial score (nSPS) is 20.5. The first-order chi connectivity index (χ1) is 12.5. The van der Waals surface area contributed by atoms with Crippen LogP contribution in [0.15, 0.2) is 23.2 Å². The lowest BCUT2D eigenvalue weighted by molar-refractivity contribution is 0.0889. The number of anilines is 1. The molecule has 0 radical (unpaired) electrons. The highest BCUT2D eigenvalue weighted by Crippen LogP contribution is 2.19. The van der Waals surface area contributed by atoms with E-state index in [1.54, 1.807) is 19.4 Å². The van der Waals surface area contributed by atoms with E-state index in [-0.39, 0.29) is 17.6 Å². The maximum atomic E-state index is 12.3. The van der Waals surface area contributed by atoms with Gasteiger partial charge < -0.3 is 24.3 Å². The van der Waals surface area contributed by atoms with Gasteiger partial charge in [-0.05, 0) is 6.42 Å². The summed E-state index contributed by atoms with van der Waals surface area (Å²) in [5, 5.41) is 13.1. The van der Waals surface area contributed by atoms with Crippen LogP contribution in [-0.2, 0) is 7.05 Å². The number of β-amino-alcohol motifs (C(OH)–C–C–N with tert-alkyl or cyclic N) is 1. The number of nitrogens with zero attached hydrogens (tertiary/aromatic N) is 6. The molecule has 10 nitrogen and oxygen atoms in total. The number of aromatic nitrogens is 5. The number of aliphatic hydroxyl groups excluding tert-OH is 1. The fraction of sp³-hybridized carbons (Fsp3) is 0.438. The molecule has 1 aliphatic heterocycles. The molecule has 0 bridgehead atoms. The maximum Gasteiger partial charge on any atom is 0.273 e. The van der Waals surface area contributed by atoms with Crippen LogP contribution in [0.1, 0.15) is 22.8 Å². The number of carbonyl (C=O) groups excluding carboxylic acids is 1. The number of piperidine rings is 1. The molecule has 4 heterocycles. The Labute approximate surface area is 148 Å². The molecule has 2 N–H and O–H groups in total. The second kappa shape index (κ2) is 6.37. The van der Waals surface area contributed by atoms with Gasteiger partial charge in [0.25, 0.3) is 5.91 Å². The molecule has 3 aromatic rings. The summed E-state index contributed by atoms with van der Waals surface area (Å²) < 4.78 is 6.91. The molecule has 1 fully saturated rings. The quantitative estimate of drug-likeness (QED) is 0.673. The van der Waals surface area contributed by atoms with Gasteiger partial charge in [0.15, 0.2) is 17.2 Å². The van der Waals surface area contributed by atoms with Gasteiger partial charge in [-0.1, -0.05) is 0 Å². The van der Waals surface area contributed by atoms with Crippen LogP contribution in [-0.4, -0.2) is 60.8 Å². The fourth-order valence-electron chi connectivity index (χ4n) is 3.12. The molecule has 0 aliphatic carbocycles. The Balaban J connectivity index is 1.51. The van der Waals surface area contributed by atoms with Crippen LogP contribution in [0.4, 0.5) is 5.95 Å². The third kappa shape index (κ3) is 3.10. The van der Waals surface area contributed by atoms with Crippen molar-refractivity contribution < 1.29 is 14.3 Å². The molecule has 0 spiro atoms. The van der Waals surface area contributed by atoms with Gasteiger partial charge in [-0.15, -0.1) is 0 Å². The largest absolute Gasteiger partial charge is 0.448 e. The Morgan fingerprint density at radius 3 is 2.96 bits per heavy atom. The van der Waals surface area contributed by atoms with Gasteiger partial charge in [0.1, 0.15) is 11.8 Å². The van der Waals surface area contributed by atoms with E-state index in [0.29, 0.717) is 37.0 Å². The van der Waals surface area contributed by atoms with E-state index < -0.39 is 6.10 Å². The molecule has 1 saturated heterocycles. The highest BCUT2D eigenvalue weighted by atomic mass is 16.3. The van der Waals surface area contributed by atoms with Gasteiger partial charge in [0.2, 0.25) is 5.95 Å². The van der Waals surface area contributed by atoms with E-state index >= 15 is 0 Å². The number of aliphatic hydroxyl groups is 1. The minimum atomic E-state index is -0.601. The van der Waals surface area contributed by atoms with E-state index in [4.69, 9.17) is 4.42 Å². The maximum absolute atomic E-state index is 12.3. The predicted octanol–water partition coefficient (Wildman–Crippen LogP) is 0.0293. The highest BCUT2D eigenvalue weighted by molar-refractivity contribution is 5.92. The summed E-state index contributed by atoms with van der Waals surface area (Å²) >= 11 is 0. The lowest BCUT2D eigenvalue weighted by Crippen LogP contribution is -2.53. The van der Waals surface area contributed by atoms with Crippen molar-refractivity contribution >= 4 is 23.0 Å². The average Bonchev–Trinajstić information content (AvgIpc) is 3.20. The summed E-state index contributed by atoms with van der Waals surface area (Å²) in [5.41, 5.74) is 1.65. The van der Waals surface area contributed by atoms with Crippen molar-refractivity contribution in [3.8, 4) is 0 Å². The van der Waals surface area contributed by atoms with E-state index in [9.17, 15) is 9.90 Å². The van der Waals surface area contributed by atoms with Crippen LogP contribution in [0.5, 0.6) is 0 Å². The summed E-state index contributed by atoms with van der Waals surface area (Å²) in [5.74, 6) is 0.575. The Kier molecular flexibility index (Phi) is 4.03. The zero-order valence-corrected chi connectivity index (χ0v) is 14.5. The summed E-state index contributed by atoms with van der Waals surface area (Å²) in [7, 11) is 1.88. The Morgan fingerprint density at radius 1 is 1.35 bits per heavy atom. The summed E-state index contributed by atoms with van der Waals surface area (Å²) in [4.78, 5) is 31.2. The molecule has 3 aromatic heterocycles. The monoisotopic (exact) mass is 357 g/mol. The molecule has 1 amide bonds. The number of hydrogen-bond donors (Lipinski definition) is 2. The number of oxazole rings is 1. The zero-order chi connectivity index (χ0) is 18.3. The Hall–Kier alpha value is -3.01. The van der Waals surface area contributed by atoms with Crippen LogP contribution in [0.3, 0.4) is 0 Å². The van der Waals surface area contributed by atoms with E-state index in [0.717, 1.165) is 5.52 Å². The Morgan fingerprint density at radius 2 is 2.19 bits per heavy atom. The third-order valence-corrected chi connectivity index (χ3v) is 4.37. The molecule has 2 atom stereocenters. The molecule has 10 heteroatoms. The summed E-state index contributed by atoms with van der Waals surface area (Å²) in [6, 6.07) is -0.258. The Bertz CT molecular complexity index is 950. The molecule has 136 valence electrons. The van der Waals surface area contributed by atoms with E-state index in [1.807, 2.05) is 16.5 Å². The predicted molar refractivity (Wildman–Crippen MR) is 91.6 cm³/mol. The molecule has 26 heavy (non-hydrogen) atoms. The van der Waals surface area contributed by atoms with Crippen molar-refractivity contribution in [3.05, 3.63) is 30.4 Å². The summed E-state index contributed by atoms with van der Waals surface area (Å²) in [6.45, 7) is 2.56. The number of amides is 1. The lowest BCUT2D eigenvalue weighted by Gasteiger charge is -2.35. The number of rotatable bonds is 3. The van der Waals surface area contributed by atoms with E-state index in [2.05, 4.69) is 25.3 Å². The van der Waals surface area contributed by atoms with Crippen molar-refractivity contribution in [1.82, 2.24) is 29.8 Å². The van der Waals surface area contributed by atoms with Gasteiger partial charge in [0.05, 0.1) is 18.6 Å². The van der Waals surface area contributed by atoms with Gasteiger partial charge >= 0.3 is 0 Å². The molecular weight excluding hydrogens is 338 g/mol. The third-order valence-electron chi connectivity index (χ3n) is 4.37. The van der Waals surface area contributed by atoms with E-state index in [1.165, 1.54) is 6.26 Å². The topological polar surface area (TPSA) is 122 Å². The first-order valence-corrected chi connectivity index (χ1v) is 8.29. The number of fused-ring (bicyclic) bond motifs is 1. The fourth-order valence-corrected chi connectivity index (χ4v) is 3.12. The first kappa shape index (κ1) is 16.5. The van der Waals surface area contributed by atoms with Crippen molar-refractivity contribution in [2.45, 2.75) is 25.5 Å². The second-order valence-corrected chi connectivity index (χ2v) is 6.45. The van der Waals surface area contributed by atoms with Crippen molar-refractivity contribution in [2.75, 3.05) is 18.0 Å². The minimum absolute atomic E-state index is 0.222. The first-order valence-electron chi connectivity index (χ1n) is 8.29. The molecule has 1 aliphatic rings. The highest BCUT2D eigenvalue weighted by Gasteiger charge is 2.29. The van der Waals surface area contributed by atoms with Gasteiger partial charge in [-0.2, -0.15) is 4.98 Å². The summed E-state index contributed by atoms with van der Waals surface area (Å²) in [6.07, 6.45) is 4.55. The lowest BCUT2D eigenvalue weighted by atomic mass is 10.0. The van der Waals surface area contributed by atoms with Crippen LogP contribution in [0.25, 0.3) is 11.2 Å². The van der Waals surface area contributed by atoms with Gasteiger partial charge in [-0.3, -0.25) is 4.79 Å². The number of hydrogen-bond acceptors (Lipinski definition) is 8. The van der Waals surface area contributed by atoms with Crippen molar-refractivity contribution in [3.63, 3.8) is 0 Å². The molecule has 0 aromatic carbocycles. The zero-order valence-electron chi connectivity index (χ0n) is 14.5. The molecule has 0 saturated carbocycles. The van der Waals surface area contributed by atoms with Crippen LogP contribution in [0.2, 0.25) is 0 Å². The number of aryl methyl sites for hydroxylation is 2. The SMILES string of the molecule is Cc1nc(C(=O)N[C@H]2C[C@@H](O)CN(c3ncc4c(ncn4C)n3)C2)co1. The molecule has 0 unspecified atom stereocenters. The van der Waals surface area contributed by atoms with Crippen LogP contribution in [0, 0.1) is 6.92 Å². The van der Waals surface area contributed by atoms with Crippen molar-refractivity contribution in [1.29, 1.82) is 0 Å². The molecular formula is C16H19N7O3. The van der Waals surface area contributed by atoms with Gasteiger partial charge in [-0.25, -0.2) is 15.0 Å². The number of nitrogens with one attached hydrogen (secondary N) is 1.